The third kappa shape index (κ3) is 3.69. The Bertz CT molecular complexity index is 894. The van der Waals surface area contributed by atoms with Crippen molar-refractivity contribution in [2.75, 3.05) is 0 Å². The minimum atomic E-state index is -0.118. The van der Waals surface area contributed by atoms with E-state index in [-0.39, 0.29) is 5.91 Å². The van der Waals surface area contributed by atoms with Crippen molar-refractivity contribution >= 4 is 5.91 Å². The second kappa shape index (κ2) is 7.56. The molecule has 0 saturated heterocycles. The van der Waals surface area contributed by atoms with E-state index >= 15 is 0 Å². The normalized spacial score (nSPS) is 11.0. The van der Waals surface area contributed by atoms with Crippen LogP contribution in [0.1, 0.15) is 52.6 Å². The molecule has 2 aromatic carbocycles. The molecule has 1 aromatic heterocycles. The average molecular weight is 348 g/mol. The topological polar surface area (TPSA) is 44.1 Å². The Morgan fingerprint density at radius 1 is 1.04 bits per heavy atom. The fourth-order valence-corrected chi connectivity index (χ4v) is 3.24. The molecule has 4 nitrogen and oxygen atoms in total. The predicted octanol–water partition coefficient (Wildman–Crippen LogP) is 4.89. The zero-order valence-corrected chi connectivity index (χ0v) is 15.7. The molecular formula is C22H24N2O2. The second-order valence-corrected chi connectivity index (χ2v) is 6.75. The number of rotatable bonds is 5. The molecule has 3 rings (SSSR count). The summed E-state index contributed by atoms with van der Waals surface area (Å²) in [5, 5.41) is 4.44. The van der Waals surface area contributed by atoms with Crippen molar-refractivity contribution in [2.24, 2.45) is 0 Å². The summed E-state index contributed by atoms with van der Waals surface area (Å²) in [7, 11) is 0. The number of aryl methyl sites for hydroxylation is 1. The lowest BCUT2D eigenvalue weighted by Crippen LogP contribution is -2.15. The van der Waals surface area contributed by atoms with Crippen molar-refractivity contribution < 1.29 is 9.53 Å². The van der Waals surface area contributed by atoms with Crippen molar-refractivity contribution in [3.8, 4) is 5.75 Å². The van der Waals surface area contributed by atoms with Crippen LogP contribution in [0.2, 0.25) is 0 Å². The highest BCUT2D eigenvalue weighted by Gasteiger charge is 2.19. The van der Waals surface area contributed by atoms with Gasteiger partial charge in [0.05, 0.1) is 5.69 Å². The lowest BCUT2D eigenvalue weighted by Gasteiger charge is -2.08. The molecule has 134 valence electrons. The van der Waals surface area contributed by atoms with Crippen LogP contribution in [0.4, 0.5) is 0 Å². The molecule has 0 spiro atoms. The van der Waals surface area contributed by atoms with Crippen molar-refractivity contribution in [3.63, 3.8) is 0 Å². The van der Waals surface area contributed by atoms with Crippen LogP contribution in [0.5, 0.6) is 5.75 Å². The Hall–Kier alpha value is -2.88. The maximum atomic E-state index is 12.8. The monoisotopic (exact) mass is 348 g/mol. The highest BCUT2D eigenvalue weighted by atomic mass is 16.5. The van der Waals surface area contributed by atoms with Gasteiger partial charge in [0, 0.05) is 11.3 Å². The number of aromatic nitrogens is 2. The summed E-state index contributed by atoms with van der Waals surface area (Å²) in [4.78, 5) is 12.8. The third-order valence-corrected chi connectivity index (χ3v) is 4.47. The standard InChI is InChI=1S/C22H24N2O2/c1-15(2)21-16(3)23-24(17(21)4)22(25)19-10-12-20(13-11-19)26-14-18-8-6-5-7-9-18/h5-13,15H,14H2,1-4H3. The molecule has 4 heteroatoms. The molecule has 0 N–H and O–H groups in total. The number of ether oxygens (including phenoxy) is 1. The summed E-state index contributed by atoms with van der Waals surface area (Å²) in [6, 6.07) is 17.2. The van der Waals surface area contributed by atoms with Gasteiger partial charge in [0.2, 0.25) is 0 Å². The van der Waals surface area contributed by atoms with Gasteiger partial charge in [-0.1, -0.05) is 44.2 Å². The van der Waals surface area contributed by atoms with Gasteiger partial charge in [0.1, 0.15) is 12.4 Å². The number of nitrogens with zero attached hydrogens (tertiary/aromatic N) is 2. The van der Waals surface area contributed by atoms with E-state index in [0.29, 0.717) is 18.1 Å². The van der Waals surface area contributed by atoms with Crippen LogP contribution in [0, 0.1) is 13.8 Å². The maximum Gasteiger partial charge on any atom is 0.278 e. The molecule has 0 unspecified atom stereocenters. The lowest BCUT2D eigenvalue weighted by molar-refractivity contribution is 0.0942. The number of hydrogen-bond acceptors (Lipinski definition) is 3. The SMILES string of the molecule is Cc1nn(C(=O)c2ccc(OCc3ccccc3)cc2)c(C)c1C(C)C. The first-order chi connectivity index (χ1) is 12.5. The largest absolute Gasteiger partial charge is 0.489 e. The Morgan fingerprint density at radius 2 is 1.69 bits per heavy atom. The zero-order chi connectivity index (χ0) is 18.7. The lowest BCUT2D eigenvalue weighted by atomic mass is 10.0. The van der Waals surface area contributed by atoms with E-state index in [0.717, 1.165) is 28.3 Å². The Kier molecular flexibility index (Phi) is 5.21. The van der Waals surface area contributed by atoms with Crippen LogP contribution in [0.15, 0.2) is 54.6 Å². The predicted molar refractivity (Wildman–Crippen MR) is 103 cm³/mol. The number of hydrogen-bond donors (Lipinski definition) is 0. The first-order valence-electron chi connectivity index (χ1n) is 8.85. The van der Waals surface area contributed by atoms with E-state index in [4.69, 9.17) is 4.74 Å². The van der Waals surface area contributed by atoms with Gasteiger partial charge in [-0.05, 0) is 55.2 Å². The molecule has 0 radical (unpaired) electrons. The summed E-state index contributed by atoms with van der Waals surface area (Å²) in [5.74, 6) is 0.957. The van der Waals surface area contributed by atoms with E-state index in [9.17, 15) is 4.79 Å². The average Bonchev–Trinajstić information content (AvgIpc) is 2.95. The Morgan fingerprint density at radius 3 is 2.27 bits per heavy atom. The van der Waals surface area contributed by atoms with E-state index in [1.807, 2.05) is 56.3 Å². The molecule has 0 bridgehead atoms. The van der Waals surface area contributed by atoms with Gasteiger partial charge in [0.15, 0.2) is 0 Å². The van der Waals surface area contributed by atoms with Crippen LogP contribution in [0.3, 0.4) is 0 Å². The molecule has 0 amide bonds. The smallest absolute Gasteiger partial charge is 0.278 e. The molecule has 0 aliphatic carbocycles. The number of carbonyl (C=O) groups is 1. The number of benzene rings is 2. The number of carbonyl (C=O) groups excluding carboxylic acids is 1. The molecule has 0 fully saturated rings. The summed E-state index contributed by atoms with van der Waals surface area (Å²) >= 11 is 0. The fraction of sp³-hybridized carbons (Fsp3) is 0.273. The van der Waals surface area contributed by atoms with Gasteiger partial charge in [-0.15, -0.1) is 0 Å². The first-order valence-corrected chi connectivity index (χ1v) is 8.85. The van der Waals surface area contributed by atoms with E-state index in [2.05, 4.69) is 18.9 Å². The van der Waals surface area contributed by atoms with Crippen molar-refractivity contribution in [1.29, 1.82) is 0 Å². The van der Waals surface area contributed by atoms with Gasteiger partial charge in [0.25, 0.3) is 5.91 Å². The van der Waals surface area contributed by atoms with Crippen LogP contribution in [-0.2, 0) is 6.61 Å². The van der Waals surface area contributed by atoms with Gasteiger partial charge < -0.3 is 4.74 Å². The Balaban J connectivity index is 1.74. The first kappa shape index (κ1) is 17.9. The summed E-state index contributed by atoms with van der Waals surface area (Å²) < 4.78 is 7.28. The highest BCUT2D eigenvalue weighted by molar-refractivity contribution is 5.96. The van der Waals surface area contributed by atoms with Gasteiger partial charge in [-0.2, -0.15) is 5.10 Å². The molecule has 0 saturated carbocycles. The second-order valence-electron chi connectivity index (χ2n) is 6.75. The maximum absolute atomic E-state index is 12.8. The quantitative estimate of drug-likeness (QED) is 0.659. The molecular weight excluding hydrogens is 324 g/mol. The van der Waals surface area contributed by atoms with Crippen LogP contribution < -0.4 is 4.74 Å². The molecule has 0 atom stereocenters. The van der Waals surface area contributed by atoms with Crippen LogP contribution in [0.25, 0.3) is 0 Å². The molecule has 1 heterocycles. The van der Waals surface area contributed by atoms with Crippen LogP contribution in [-0.4, -0.2) is 15.7 Å². The third-order valence-electron chi connectivity index (χ3n) is 4.47. The molecule has 0 aliphatic heterocycles. The van der Waals surface area contributed by atoms with E-state index in [1.165, 1.54) is 4.68 Å². The minimum absolute atomic E-state index is 0.118. The fourth-order valence-electron chi connectivity index (χ4n) is 3.24. The summed E-state index contributed by atoms with van der Waals surface area (Å²) in [6.45, 7) is 8.63. The van der Waals surface area contributed by atoms with Gasteiger partial charge in [-0.3, -0.25) is 4.79 Å². The van der Waals surface area contributed by atoms with Crippen molar-refractivity contribution in [3.05, 3.63) is 82.7 Å². The van der Waals surface area contributed by atoms with Gasteiger partial charge in [-0.25, -0.2) is 4.68 Å². The van der Waals surface area contributed by atoms with E-state index < -0.39 is 0 Å². The summed E-state index contributed by atoms with van der Waals surface area (Å²) in [6.07, 6.45) is 0. The van der Waals surface area contributed by atoms with Crippen molar-refractivity contribution in [1.82, 2.24) is 9.78 Å². The van der Waals surface area contributed by atoms with Crippen LogP contribution >= 0.6 is 0 Å². The zero-order valence-electron chi connectivity index (χ0n) is 15.7. The Labute approximate surface area is 154 Å². The van der Waals surface area contributed by atoms with Crippen molar-refractivity contribution in [2.45, 2.75) is 40.2 Å². The summed E-state index contributed by atoms with van der Waals surface area (Å²) in [5.41, 5.74) is 4.66. The molecule has 3 aromatic rings. The van der Waals surface area contributed by atoms with Gasteiger partial charge >= 0.3 is 0 Å². The minimum Gasteiger partial charge on any atom is -0.489 e. The molecule has 0 aliphatic rings. The molecule has 26 heavy (non-hydrogen) atoms. The highest BCUT2D eigenvalue weighted by Crippen LogP contribution is 2.23. The van der Waals surface area contributed by atoms with E-state index in [1.54, 1.807) is 12.1 Å².